The first-order valence-corrected chi connectivity index (χ1v) is 6.98. The lowest BCUT2D eigenvalue weighted by Crippen LogP contribution is -2.47. The number of hydrogen-bond acceptors (Lipinski definition) is 3. The molecule has 0 spiro atoms. The fraction of sp³-hybridized carbons (Fsp3) is 1.00. The van der Waals surface area contributed by atoms with Crippen molar-refractivity contribution in [1.29, 1.82) is 0 Å². The summed E-state index contributed by atoms with van der Waals surface area (Å²) in [6, 6.07) is 0.439. The average molecular weight is 242 g/mol. The van der Waals surface area contributed by atoms with E-state index in [-0.39, 0.29) is 0 Å². The third-order valence-corrected chi connectivity index (χ3v) is 4.21. The Kier molecular flexibility index (Phi) is 5.90. The summed E-state index contributed by atoms with van der Waals surface area (Å²) in [5, 5.41) is 3.64. The third kappa shape index (κ3) is 4.57. The molecule has 102 valence electrons. The summed E-state index contributed by atoms with van der Waals surface area (Å²) in [5.41, 5.74) is 6.14. The molecule has 3 heteroatoms. The molecule has 0 aromatic carbocycles. The molecular formula is C14H30N2O. The summed E-state index contributed by atoms with van der Waals surface area (Å²) < 4.78 is 5.44. The van der Waals surface area contributed by atoms with Gasteiger partial charge in [0, 0.05) is 32.3 Å². The fourth-order valence-electron chi connectivity index (χ4n) is 2.61. The van der Waals surface area contributed by atoms with Crippen LogP contribution in [0.15, 0.2) is 0 Å². The number of hydrogen-bond donors (Lipinski definition) is 2. The van der Waals surface area contributed by atoms with Gasteiger partial charge in [0.25, 0.3) is 0 Å². The monoisotopic (exact) mass is 242 g/mol. The highest BCUT2D eigenvalue weighted by atomic mass is 16.5. The van der Waals surface area contributed by atoms with Gasteiger partial charge in [-0.2, -0.15) is 0 Å². The van der Waals surface area contributed by atoms with Gasteiger partial charge in [0.2, 0.25) is 0 Å². The molecular weight excluding hydrogens is 212 g/mol. The van der Waals surface area contributed by atoms with E-state index in [0.29, 0.717) is 17.4 Å². The summed E-state index contributed by atoms with van der Waals surface area (Å²) in [7, 11) is 0. The first-order chi connectivity index (χ1) is 7.97. The van der Waals surface area contributed by atoms with Crippen LogP contribution in [0.3, 0.4) is 0 Å². The molecule has 0 aromatic heterocycles. The van der Waals surface area contributed by atoms with Gasteiger partial charge < -0.3 is 15.8 Å². The number of rotatable bonds is 6. The molecule has 17 heavy (non-hydrogen) atoms. The van der Waals surface area contributed by atoms with Gasteiger partial charge in [0.15, 0.2) is 0 Å². The Morgan fingerprint density at radius 1 is 1.29 bits per heavy atom. The average Bonchev–Trinajstić information content (AvgIpc) is 2.30. The van der Waals surface area contributed by atoms with E-state index in [2.05, 4.69) is 33.0 Å². The standard InChI is InChI=1S/C14H30N2O/c1-11(2)13(9-15)16-10-14(3,4)12-5-7-17-8-6-12/h11-13,16H,5-10,15H2,1-4H3. The Hall–Kier alpha value is -0.120. The van der Waals surface area contributed by atoms with Gasteiger partial charge in [-0.05, 0) is 30.1 Å². The van der Waals surface area contributed by atoms with Gasteiger partial charge in [-0.3, -0.25) is 0 Å². The van der Waals surface area contributed by atoms with Crippen molar-refractivity contribution in [3.05, 3.63) is 0 Å². The van der Waals surface area contributed by atoms with Gasteiger partial charge in [0.1, 0.15) is 0 Å². The molecule has 0 saturated carbocycles. The normalized spacial score (nSPS) is 20.8. The van der Waals surface area contributed by atoms with Gasteiger partial charge in [-0.1, -0.05) is 27.7 Å². The molecule has 3 N–H and O–H groups in total. The highest BCUT2D eigenvalue weighted by molar-refractivity contribution is 4.84. The van der Waals surface area contributed by atoms with Crippen LogP contribution in [-0.2, 0) is 4.74 Å². The van der Waals surface area contributed by atoms with Crippen LogP contribution in [0, 0.1) is 17.3 Å². The lowest BCUT2D eigenvalue weighted by Gasteiger charge is -2.38. The van der Waals surface area contributed by atoms with E-state index in [1.807, 2.05) is 0 Å². The van der Waals surface area contributed by atoms with E-state index in [4.69, 9.17) is 10.5 Å². The first kappa shape index (κ1) is 14.9. The molecule has 0 aliphatic carbocycles. The van der Waals surface area contributed by atoms with E-state index >= 15 is 0 Å². The summed E-state index contributed by atoms with van der Waals surface area (Å²) in [6.07, 6.45) is 2.40. The van der Waals surface area contributed by atoms with Gasteiger partial charge >= 0.3 is 0 Å². The van der Waals surface area contributed by atoms with Crippen LogP contribution in [-0.4, -0.2) is 32.3 Å². The molecule has 0 amide bonds. The van der Waals surface area contributed by atoms with Crippen molar-refractivity contribution in [2.24, 2.45) is 23.0 Å². The Morgan fingerprint density at radius 2 is 1.88 bits per heavy atom. The first-order valence-electron chi connectivity index (χ1n) is 6.98. The zero-order valence-electron chi connectivity index (χ0n) is 12.0. The third-order valence-electron chi connectivity index (χ3n) is 4.21. The predicted octanol–water partition coefficient (Wildman–Crippen LogP) is 2.01. The van der Waals surface area contributed by atoms with Crippen molar-refractivity contribution in [3.63, 3.8) is 0 Å². The van der Waals surface area contributed by atoms with Gasteiger partial charge in [-0.15, -0.1) is 0 Å². The minimum absolute atomic E-state index is 0.339. The molecule has 0 bridgehead atoms. The molecule has 1 saturated heterocycles. The Morgan fingerprint density at radius 3 is 2.35 bits per heavy atom. The van der Waals surface area contributed by atoms with Crippen LogP contribution in [0.25, 0.3) is 0 Å². The van der Waals surface area contributed by atoms with E-state index in [1.54, 1.807) is 0 Å². The second kappa shape index (κ2) is 6.72. The maximum atomic E-state index is 5.80. The summed E-state index contributed by atoms with van der Waals surface area (Å²) >= 11 is 0. The van der Waals surface area contributed by atoms with Crippen LogP contribution in [0.2, 0.25) is 0 Å². The van der Waals surface area contributed by atoms with E-state index < -0.39 is 0 Å². The molecule has 1 rings (SSSR count). The van der Waals surface area contributed by atoms with Crippen LogP contribution in [0.5, 0.6) is 0 Å². The van der Waals surface area contributed by atoms with Crippen LogP contribution in [0.4, 0.5) is 0 Å². The van der Waals surface area contributed by atoms with Crippen LogP contribution < -0.4 is 11.1 Å². The Bertz CT molecular complexity index is 210. The predicted molar refractivity (Wildman–Crippen MR) is 73.0 cm³/mol. The maximum Gasteiger partial charge on any atom is 0.0468 e. The van der Waals surface area contributed by atoms with Crippen molar-refractivity contribution in [3.8, 4) is 0 Å². The highest BCUT2D eigenvalue weighted by Gasteiger charge is 2.31. The second-order valence-electron chi connectivity index (χ2n) is 6.34. The fourth-order valence-corrected chi connectivity index (χ4v) is 2.61. The zero-order chi connectivity index (χ0) is 12.9. The van der Waals surface area contributed by atoms with E-state index in [1.165, 1.54) is 12.8 Å². The van der Waals surface area contributed by atoms with Crippen molar-refractivity contribution in [2.75, 3.05) is 26.3 Å². The number of ether oxygens (including phenoxy) is 1. The van der Waals surface area contributed by atoms with Gasteiger partial charge in [-0.25, -0.2) is 0 Å². The van der Waals surface area contributed by atoms with Crippen molar-refractivity contribution in [1.82, 2.24) is 5.32 Å². The minimum Gasteiger partial charge on any atom is -0.381 e. The maximum absolute atomic E-state index is 5.80. The zero-order valence-corrected chi connectivity index (χ0v) is 12.0. The number of nitrogens with one attached hydrogen (secondary N) is 1. The van der Waals surface area contributed by atoms with Crippen LogP contribution >= 0.6 is 0 Å². The van der Waals surface area contributed by atoms with Crippen molar-refractivity contribution >= 4 is 0 Å². The smallest absolute Gasteiger partial charge is 0.0468 e. The molecule has 1 atom stereocenters. The van der Waals surface area contributed by atoms with E-state index in [9.17, 15) is 0 Å². The molecule has 1 fully saturated rings. The SMILES string of the molecule is CC(C)C(CN)NCC(C)(C)C1CCOCC1. The van der Waals surface area contributed by atoms with Crippen molar-refractivity contribution in [2.45, 2.75) is 46.6 Å². The lowest BCUT2D eigenvalue weighted by atomic mass is 9.74. The molecule has 0 aromatic rings. The summed E-state index contributed by atoms with van der Waals surface area (Å²) in [5.74, 6) is 1.37. The summed E-state index contributed by atoms with van der Waals surface area (Å²) in [4.78, 5) is 0. The minimum atomic E-state index is 0.339. The molecule has 3 nitrogen and oxygen atoms in total. The molecule has 1 aliphatic heterocycles. The topological polar surface area (TPSA) is 47.3 Å². The molecule has 1 heterocycles. The van der Waals surface area contributed by atoms with Crippen LogP contribution in [0.1, 0.15) is 40.5 Å². The largest absolute Gasteiger partial charge is 0.381 e. The second-order valence-corrected chi connectivity index (χ2v) is 6.34. The quantitative estimate of drug-likeness (QED) is 0.749. The molecule has 1 aliphatic rings. The molecule has 1 unspecified atom stereocenters. The van der Waals surface area contributed by atoms with Crippen molar-refractivity contribution < 1.29 is 4.74 Å². The lowest BCUT2D eigenvalue weighted by molar-refractivity contribution is 0.0215. The Balaban J connectivity index is 2.41. The highest BCUT2D eigenvalue weighted by Crippen LogP contribution is 2.33. The van der Waals surface area contributed by atoms with E-state index in [0.717, 1.165) is 32.2 Å². The number of nitrogens with two attached hydrogens (primary N) is 1. The van der Waals surface area contributed by atoms with Gasteiger partial charge in [0.05, 0.1) is 0 Å². The Labute approximate surface area is 106 Å². The summed E-state index contributed by atoms with van der Waals surface area (Å²) in [6.45, 7) is 12.8. The molecule has 0 radical (unpaired) electrons.